The lowest BCUT2D eigenvalue weighted by atomic mass is 10.1. The van der Waals surface area contributed by atoms with Crippen molar-refractivity contribution in [2.24, 2.45) is 0 Å². The number of nitro benzene ring substituents is 1. The third-order valence-electron chi connectivity index (χ3n) is 2.82. The van der Waals surface area contributed by atoms with Gasteiger partial charge in [-0.05, 0) is 29.3 Å². The van der Waals surface area contributed by atoms with Gasteiger partial charge in [0.25, 0.3) is 0 Å². The van der Waals surface area contributed by atoms with Crippen LogP contribution in [0.1, 0.15) is 16.7 Å². The second-order valence-corrected chi connectivity index (χ2v) is 4.56. The maximum absolute atomic E-state index is 11.0. The van der Waals surface area contributed by atoms with Gasteiger partial charge < -0.3 is 4.74 Å². The van der Waals surface area contributed by atoms with Crippen molar-refractivity contribution in [1.82, 2.24) is 0 Å². The van der Waals surface area contributed by atoms with E-state index in [1.165, 1.54) is 12.1 Å². The van der Waals surface area contributed by atoms with Crippen molar-refractivity contribution in [3.8, 4) is 11.8 Å². The zero-order valence-corrected chi connectivity index (χ0v) is 11.7. The molecule has 2 aromatic carbocycles. The summed E-state index contributed by atoms with van der Waals surface area (Å²) in [6.07, 6.45) is 0. The maximum atomic E-state index is 11.0. The highest BCUT2D eigenvalue weighted by atomic mass is 35.5. The highest BCUT2D eigenvalue weighted by molar-refractivity contribution is 6.17. The van der Waals surface area contributed by atoms with Crippen LogP contribution in [-0.2, 0) is 12.5 Å². The maximum Gasteiger partial charge on any atom is 0.311 e. The fourth-order valence-electron chi connectivity index (χ4n) is 1.80. The van der Waals surface area contributed by atoms with Crippen LogP contribution in [-0.4, -0.2) is 4.92 Å². The van der Waals surface area contributed by atoms with Crippen LogP contribution < -0.4 is 4.74 Å². The Bertz CT molecular complexity index is 710. The third-order valence-corrected chi connectivity index (χ3v) is 3.13. The summed E-state index contributed by atoms with van der Waals surface area (Å²) < 4.78 is 5.49. The zero-order chi connectivity index (χ0) is 15.2. The molecular formula is C15H11ClN2O3. The van der Waals surface area contributed by atoms with Crippen LogP contribution in [0.25, 0.3) is 0 Å². The molecule has 0 aromatic heterocycles. The molecule has 0 saturated carbocycles. The van der Waals surface area contributed by atoms with Crippen LogP contribution in [0.15, 0.2) is 42.5 Å². The number of ether oxygens (including phenoxy) is 1. The van der Waals surface area contributed by atoms with Crippen molar-refractivity contribution in [3.05, 3.63) is 69.3 Å². The van der Waals surface area contributed by atoms with Crippen molar-refractivity contribution in [2.45, 2.75) is 12.5 Å². The van der Waals surface area contributed by atoms with E-state index < -0.39 is 4.92 Å². The Kier molecular flexibility index (Phi) is 4.75. The van der Waals surface area contributed by atoms with Crippen molar-refractivity contribution >= 4 is 17.3 Å². The van der Waals surface area contributed by atoms with Crippen molar-refractivity contribution in [3.63, 3.8) is 0 Å². The van der Waals surface area contributed by atoms with E-state index in [1.54, 1.807) is 30.3 Å². The van der Waals surface area contributed by atoms with Crippen LogP contribution >= 0.6 is 11.6 Å². The molecule has 6 heteroatoms. The molecule has 0 radical (unpaired) electrons. The SMILES string of the molecule is N#Cc1cccc(COc2ccc(CCl)cc2[N+](=O)[O-])c1. The predicted octanol–water partition coefficient (Wildman–Crippen LogP) is 3.78. The molecular weight excluding hydrogens is 292 g/mol. The summed E-state index contributed by atoms with van der Waals surface area (Å²) in [5, 5.41) is 19.9. The molecule has 5 nitrogen and oxygen atoms in total. The second kappa shape index (κ2) is 6.73. The number of benzene rings is 2. The Balaban J connectivity index is 2.19. The lowest BCUT2D eigenvalue weighted by Crippen LogP contribution is -2.00. The molecule has 0 aliphatic carbocycles. The second-order valence-electron chi connectivity index (χ2n) is 4.29. The van der Waals surface area contributed by atoms with Crippen molar-refractivity contribution in [2.75, 3.05) is 0 Å². The van der Waals surface area contributed by atoms with E-state index in [0.717, 1.165) is 5.56 Å². The summed E-state index contributed by atoms with van der Waals surface area (Å²) in [6.45, 7) is 0.149. The summed E-state index contributed by atoms with van der Waals surface area (Å²) in [7, 11) is 0. The molecule has 2 aromatic rings. The lowest BCUT2D eigenvalue weighted by molar-refractivity contribution is -0.386. The molecule has 21 heavy (non-hydrogen) atoms. The summed E-state index contributed by atoms with van der Waals surface area (Å²) in [6, 6.07) is 13.5. The van der Waals surface area contributed by atoms with E-state index in [4.69, 9.17) is 21.6 Å². The molecule has 2 rings (SSSR count). The highest BCUT2D eigenvalue weighted by Crippen LogP contribution is 2.29. The van der Waals surface area contributed by atoms with Gasteiger partial charge in [-0.3, -0.25) is 10.1 Å². The standard InChI is InChI=1S/C15H11ClN2O3/c16-8-11-4-5-15(14(7-11)18(19)20)21-10-13-3-1-2-12(6-13)9-17/h1-7H,8,10H2. The van der Waals surface area contributed by atoms with E-state index in [1.807, 2.05) is 6.07 Å². The van der Waals surface area contributed by atoms with Gasteiger partial charge in [-0.25, -0.2) is 0 Å². The van der Waals surface area contributed by atoms with Crippen LogP contribution in [0.2, 0.25) is 0 Å². The summed E-state index contributed by atoms with van der Waals surface area (Å²) in [5.41, 5.74) is 1.82. The first-order valence-corrected chi connectivity index (χ1v) is 6.62. The number of alkyl halides is 1. The van der Waals surface area contributed by atoms with Gasteiger partial charge in [-0.2, -0.15) is 5.26 Å². The Labute approximate surface area is 126 Å². The summed E-state index contributed by atoms with van der Waals surface area (Å²) in [4.78, 5) is 10.5. The molecule has 0 amide bonds. The van der Waals surface area contributed by atoms with Gasteiger partial charge >= 0.3 is 5.69 Å². The number of nitro groups is 1. The van der Waals surface area contributed by atoms with Crippen LogP contribution in [0, 0.1) is 21.4 Å². The first kappa shape index (κ1) is 14.8. The monoisotopic (exact) mass is 302 g/mol. The quantitative estimate of drug-likeness (QED) is 0.478. The number of rotatable bonds is 5. The van der Waals surface area contributed by atoms with Crippen LogP contribution in [0.5, 0.6) is 5.75 Å². The minimum atomic E-state index is -0.503. The topological polar surface area (TPSA) is 76.2 Å². The summed E-state index contributed by atoms with van der Waals surface area (Å²) >= 11 is 5.67. The number of hydrogen-bond acceptors (Lipinski definition) is 4. The van der Waals surface area contributed by atoms with E-state index in [2.05, 4.69) is 0 Å². The van der Waals surface area contributed by atoms with Gasteiger partial charge in [0.05, 0.1) is 16.6 Å². The smallest absolute Gasteiger partial charge is 0.311 e. The van der Waals surface area contributed by atoms with Gasteiger partial charge in [0.2, 0.25) is 0 Å². The van der Waals surface area contributed by atoms with Crippen molar-refractivity contribution in [1.29, 1.82) is 5.26 Å². The Morgan fingerprint density at radius 3 is 2.71 bits per heavy atom. The summed E-state index contributed by atoms with van der Waals surface area (Å²) in [5.74, 6) is 0.377. The lowest BCUT2D eigenvalue weighted by Gasteiger charge is -2.08. The van der Waals surface area contributed by atoms with Gasteiger partial charge in [-0.15, -0.1) is 11.6 Å². The Hall–Kier alpha value is -2.58. The molecule has 0 N–H and O–H groups in total. The molecule has 0 heterocycles. The van der Waals surface area contributed by atoms with Gasteiger partial charge in [-0.1, -0.05) is 18.2 Å². The van der Waals surface area contributed by atoms with E-state index in [0.29, 0.717) is 11.1 Å². The molecule has 0 unspecified atom stereocenters. The minimum Gasteiger partial charge on any atom is -0.482 e. The van der Waals surface area contributed by atoms with Crippen LogP contribution in [0.3, 0.4) is 0 Å². The number of nitriles is 1. The molecule has 0 aliphatic heterocycles. The molecule has 106 valence electrons. The minimum absolute atomic E-state index is 0.121. The largest absolute Gasteiger partial charge is 0.482 e. The van der Waals surface area contributed by atoms with E-state index in [9.17, 15) is 10.1 Å². The van der Waals surface area contributed by atoms with E-state index >= 15 is 0 Å². The fourth-order valence-corrected chi connectivity index (χ4v) is 1.97. The van der Waals surface area contributed by atoms with Gasteiger partial charge in [0.1, 0.15) is 6.61 Å². The van der Waals surface area contributed by atoms with Crippen LogP contribution in [0.4, 0.5) is 5.69 Å². The average Bonchev–Trinajstić information content (AvgIpc) is 2.52. The fraction of sp³-hybridized carbons (Fsp3) is 0.133. The first-order valence-electron chi connectivity index (χ1n) is 6.09. The Morgan fingerprint density at radius 2 is 2.05 bits per heavy atom. The number of nitrogens with zero attached hydrogens (tertiary/aromatic N) is 2. The molecule has 0 saturated heterocycles. The average molecular weight is 303 g/mol. The zero-order valence-electron chi connectivity index (χ0n) is 11.0. The predicted molar refractivity (Wildman–Crippen MR) is 78.1 cm³/mol. The van der Waals surface area contributed by atoms with Crippen molar-refractivity contribution < 1.29 is 9.66 Å². The van der Waals surface area contributed by atoms with E-state index in [-0.39, 0.29) is 23.9 Å². The number of hydrogen-bond donors (Lipinski definition) is 0. The van der Waals surface area contributed by atoms with Gasteiger partial charge in [0.15, 0.2) is 5.75 Å². The molecule has 0 spiro atoms. The molecule has 0 bridgehead atoms. The Morgan fingerprint density at radius 1 is 1.24 bits per heavy atom. The normalized spacial score (nSPS) is 9.90. The highest BCUT2D eigenvalue weighted by Gasteiger charge is 2.16. The van der Waals surface area contributed by atoms with Gasteiger partial charge in [0, 0.05) is 11.9 Å². The number of halogens is 1. The molecule has 0 fully saturated rings. The molecule has 0 aliphatic rings. The molecule has 0 atom stereocenters. The first-order chi connectivity index (χ1) is 10.1. The third kappa shape index (κ3) is 3.71.